The lowest BCUT2D eigenvalue weighted by atomic mass is 9.97. The zero-order chi connectivity index (χ0) is 14.7. The van der Waals surface area contributed by atoms with Crippen molar-refractivity contribution in [1.82, 2.24) is 9.88 Å². The first-order chi connectivity index (χ1) is 10.2. The van der Waals surface area contributed by atoms with E-state index in [9.17, 15) is 5.11 Å². The van der Waals surface area contributed by atoms with Gasteiger partial charge in [0.2, 0.25) is 0 Å². The van der Waals surface area contributed by atoms with Crippen molar-refractivity contribution in [2.24, 2.45) is 5.92 Å². The van der Waals surface area contributed by atoms with Gasteiger partial charge in [-0.05, 0) is 37.3 Å². The molecule has 21 heavy (non-hydrogen) atoms. The number of hydrogen-bond acceptors (Lipinski definition) is 5. The first-order valence-electron chi connectivity index (χ1n) is 7.76. The largest absolute Gasteiger partial charge is 0.392 e. The van der Waals surface area contributed by atoms with E-state index in [1.165, 1.54) is 12.8 Å². The van der Waals surface area contributed by atoms with Crippen molar-refractivity contribution < 1.29 is 5.11 Å². The molecular weight excluding hydrogens is 264 g/mol. The summed E-state index contributed by atoms with van der Waals surface area (Å²) in [5.74, 6) is 1.61. The fourth-order valence-electron chi connectivity index (χ4n) is 3.40. The van der Waals surface area contributed by atoms with Gasteiger partial charge >= 0.3 is 0 Å². The molecule has 0 unspecified atom stereocenters. The second kappa shape index (κ2) is 6.42. The number of aliphatic hydroxyl groups is 1. The van der Waals surface area contributed by atoms with Crippen LogP contribution in [-0.2, 0) is 0 Å². The number of pyridine rings is 1. The Morgan fingerprint density at radius 2 is 2.19 bits per heavy atom. The minimum Gasteiger partial charge on any atom is -0.392 e. The molecule has 2 atom stereocenters. The normalized spacial score (nSPS) is 26.8. The van der Waals surface area contributed by atoms with Crippen molar-refractivity contribution >= 4 is 5.82 Å². The second-order valence-corrected chi connectivity index (χ2v) is 6.17. The average molecular weight is 286 g/mol. The topological polar surface area (TPSA) is 63.4 Å². The zero-order valence-electron chi connectivity index (χ0n) is 12.3. The molecule has 3 heterocycles. The summed E-state index contributed by atoms with van der Waals surface area (Å²) >= 11 is 0. The van der Waals surface area contributed by atoms with E-state index in [4.69, 9.17) is 5.26 Å². The van der Waals surface area contributed by atoms with E-state index in [0.717, 1.165) is 45.0 Å². The molecule has 0 radical (unpaired) electrons. The second-order valence-electron chi connectivity index (χ2n) is 6.17. The fraction of sp³-hybridized carbons (Fsp3) is 0.625. The number of piperidine rings is 1. The van der Waals surface area contributed by atoms with Gasteiger partial charge in [0, 0.05) is 38.9 Å². The molecule has 0 spiro atoms. The molecule has 1 N–H and O–H groups in total. The zero-order valence-corrected chi connectivity index (χ0v) is 12.3. The molecule has 0 amide bonds. The lowest BCUT2D eigenvalue weighted by Crippen LogP contribution is -2.41. The lowest BCUT2D eigenvalue weighted by Gasteiger charge is -2.35. The van der Waals surface area contributed by atoms with Gasteiger partial charge in [-0.25, -0.2) is 4.98 Å². The van der Waals surface area contributed by atoms with E-state index in [1.807, 2.05) is 12.1 Å². The Hall–Kier alpha value is -1.64. The summed E-state index contributed by atoms with van der Waals surface area (Å²) in [4.78, 5) is 9.10. The van der Waals surface area contributed by atoms with Gasteiger partial charge in [-0.1, -0.05) is 0 Å². The summed E-state index contributed by atoms with van der Waals surface area (Å²) in [6, 6.07) is 5.89. The Bertz CT molecular complexity index is 510. The van der Waals surface area contributed by atoms with Crippen LogP contribution in [0.1, 0.15) is 24.8 Å². The van der Waals surface area contributed by atoms with Crippen molar-refractivity contribution in [3.63, 3.8) is 0 Å². The molecule has 5 heteroatoms. The highest BCUT2D eigenvalue weighted by Crippen LogP contribution is 2.23. The van der Waals surface area contributed by atoms with E-state index in [-0.39, 0.29) is 6.10 Å². The number of nitrogens with zero attached hydrogens (tertiary/aromatic N) is 4. The van der Waals surface area contributed by atoms with E-state index in [2.05, 4.69) is 20.9 Å². The molecule has 1 aromatic heterocycles. The maximum Gasteiger partial charge on any atom is 0.128 e. The number of rotatable bonds is 3. The highest BCUT2D eigenvalue weighted by Gasteiger charge is 2.26. The molecule has 112 valence electrons. The van der Waals surface area contributed by atoms with Gasteiger partial charge < -0.3 is 14.9 Å². The van der Waals surface area contributed by atoms with Crippen LogP contribution in [-0.4, -0.2) is 53.8 Å². The van der Waals surface area contributed by atoms with Crippen molar-refractivity contribution in [1.29, 1.82) is 5.26 Å². The highest BCUT2D eigenvalue weighted by atomic mass is 16.3. The highest BCUT2D eigenvalue weighted by molar-refractivity contribution is 5.42. The van der Waals surface area contributed by atoms with Crippen LogP contribution in [0.15, 0.2) is 18.3 Å². The Kier molecular flexibility index (Phi) is 4.37. The van der Waals surface area contributed by atoms with E-state index >= 15 is 0 Å². The quantitative estimate of drug-likeness (QED) is 0.905. The van der Waals surface area contributed by atoms with Crippen molar-refractivity contribution in [2.45, 2.75) is 25.4 Å². The minimum atomic E-state index is -0.134. The molecule has 0 bridgehead atoms. The summed E-state index contributed by atoms with van der Waals surface area (Å²) in [6.45, 7) is 4.98. The first-order valence-corrected chi connectivity index (χ1v) is 7.76. The number of aromatic nitrogens is 1. The number of aliphatic hydroxyl groups excluding tert-OH is 1. The SMILES string of the molecule is N#Cc1ccc(N2CCC[C@H](CN3CC[C@@H](O)C3)C2)nc1. The van der Waals surface area contributed by atoms with Gasteiger partial charge in [0.15, 0.2) is 0 Å². The van der Waals surface area contributed by atoms with Crippen LogP contribution in [0.4, 0.5) is 5.82 Å². The Balaban J connectivity index is 1.58. The van der Waals surface area contributed by atoms with Crippen LogP contribution in [0.3, 0.4) is 0 Å². The molecule has 1 aromatic rings. The lowest BCUT2D eigenvalue weighted by molar-refractivity contribution is 0.167. The van der Waals surface area contributed by atoms with Gasteiger partial charge in [0.05, 0.1) is 11.7 Å². The predicted molar refractivity (Wildman–Crippen MR) is 81.0 cm³/mol. The summed E-state index contributed by atoms with van der Waals surface area (Å²) in [6.07, 6.45) is 4.86. The van der Waals surface area contributed by atoms with Gasteiger partial charge in [-0.2, -0.15) is 5.26 Å². The summed E-state index contributed by atoms with van der Waals surface area (Å²) in [5, 5.41) is 18.5. The molecule has 2 fully saturated rings. The number of nitriles is 1. The smallest absolute Gasteiger partial charge is 0.128 e. The standard InChI is InChI=1S/C16H22N4O/c17-8-13-3-4-16(18-9-13)20-6-1-2-14(11-20)10-19-7-5-15(21)12-19/h3-4,9,14-15,21H,1-2,5-7,10-12H2/t14-,15-/m1/s1. The van der Waals surface area contributed by atoms with Gasteiger partial charge in [-0.3, -0.25) is 0 Å². The third-order valence-electron chi connectivity index (χ3n) is 4.48. The average Bonchev–Trinajstić information content (AvgIpc) is 2.93. The van der Waals surface area contributed by atoms with Crippen LogP contribution in [0.2, 0.25) is 0 Å². The maximum atomic E-state index is 9.62. The molecule has 0 aliphatic carbocycles. The van der Waals surface area contributed by atoms with E-state index in [0.29, 0.717) is 11.5 Å². The predicted octanol–water partition coefficient (Wildman–Crippen LogP) is 1.24. The van der Waals surface area contributed by atoms with Gasteiger partial charge in [-0.15, -0.1) is 0 Å². The first kappa shape index (κ1) is 14.3. The summed E-state index contributed by atoms with van der Waals surface area (Å²) in [5.41, 5.74) is 0.610. The third-order valence-corrected chi connectivity index (χ3v) is 4.48. The number of hydrogen-bond donors (Lipinski definition) is 1. The number of likely N-dealkylation sites (tertiary alicyclic amines) is 1. The molecule has 2 aliphatic heterocycles. The maximum absolute atomic E-state index is 9.62. The van der Waals surface area contributed by atoms with Crippen molar-refractivity contribution in [3.8, 4) is 6.07 Å². The molecule has 5 nitrogen and oxygen atoms in total. The van der Waals surface area contributed by atoms with Crippen LogP contribution < -0.4 is 4.90 Å². The van der Waals surface area contributed by atoms with Crippen LogP contribution >= 0.6 is 0 Å². The van der Waals surface area contributed by atoms with Crippen LogP contribution in [0.25, 0.3) is 0 Å². The third kappa shape index (κ3) is 3.52. The van der Waals surface area contributed by atoms with E-state index < -0.39 is 0 Å². The van der Waals surface area contributed by atoms with Gasteiger partial charge in [0.1, 0.15) is 11.9 Å². The van der Waals surface area contributed by atoms with Gasteiger partial charge in [0.25, 0.3) is 0 Å². The Labute approximate surface area is 125 Å². The molecular formula is C16H22N4O. The van der Waals surface area contributed by atoms with Crippen LogP contribution in [0.5, 0.6) is 0 Å². The minimum absolute atomic E-state index is 0.134. The van der Waals surface area contributed by atoms with Crippen molar-refractivity contribution in [3.05, 3.63) is 23.9 Å². The summed E-state index contributed by atoms with van der Waals surface area (Å²) in [7, 11) is 0. The van der Waals surface area contributed by atoms with Crippen LogP contribution in [0, 0.1) is 17.2 Å². The molecule has 0 aromatic carbocycles. The molecule has 3 rings (SSSR count). The molecule has 2 saturated heterocycles. The number of anilines is 1. The fourth-order valence-corrected chi connectivity index (χ4v) is 3.40. The van der Waals surface area contributed by atoms with Crippen molar-refractivity contribution in [2.75, 3.05) is 37.6 Å². The molecule has 0 saturated carbocycles. The Morgan fingerprint density at radius 1 is 1.29 bits per heavy atom. The van der Waals surface area contributed by atoms with E-state index in [1.54, 1.807) is 6.20 Å². The summed E-state index contributed by atoms with van der Waals surface area (Å²) < 4.78 is 0. The Morgan fingerprint density at radius 3 is 2.86 bits per heavy atom. The number of β-amino-alcohol motifs (C(OH)–C–C–N with tert-alkyl or cyclic N) is 1. The molecule has 2 aliphatic rings. The monoisotopic (exact) mass is 286 g/mol.